The summed E-state index contributed by atoms with van der Waals surface area (Å²) in [7, 11) is 0. The Bertz CT molecular complexity index is 1510. The smallest absolute Gasteiger partial charge is 0.457 e. The summed E-state index contributed by atoms with van der Waals surface area (Å²) in [6.07, 6.45) is 0.286. The van der Waals surface area contributed by atoms with E-state index in [2.05, 4.69) is 35.1 Å². The summed E-state index contributed by atoms with van der Waals surface area (Å²) in [5, 5.41) is 0. The van der Waals surface area contributed by atoms with Crippen LogP contribution in [0.1, 0.15) is 83.1 Å². The highest BCUT2D eigenvalue weighted by Gasteiger charge is 2.66. The number of Topliss-reactive ketones (excluding diaryl/α,β-unsaturated/α-hetero) is 1. The lowest BCUT2D eigenvalue weighted by Crippen LogP contribution is -2.52. The molecule has 1 aromatic carbocycles. The van der Waals surface area contributed by atoms with E-state index in [0.717, 1.165) is 55.3 Å². The number of carbonyl (C=O) groups excluding carboxylic acids is 3. The van der Waals surface area contributed by atoms with Gasteiger partial charge in [-0.1, -0.05) is 30.6 Å². The van der Waals surface area contributed by atoms with E-state index in [0.29, 0.717) is 24.8 Å². The number of halogens is 4. The molecule has 6 rings (SSSR count). The summed E-state index contributed by atoms with van der Waals surface area (Å²) < 4.78 is 61.8. The minimum absolute atomic E-state index is 0.0647. The summed E-state index contributed by atoms with van der Waals surface area (Å²) in [5.74, 6) is 1.41. The fourth-order valence-electron chi connectivity index (χ4n) is 9.23. The number of piperidine rings is 1. The Balaban J connectivity index is 1.49. The molecule has 6 atom stereocenters. The highest BCUT2D eigenvalue weighted by atomic mass is 19.4. The lowest BCUT2D eigenvalue weighted by atomic mass is 9.48. The van der Waals surface area contributed by atoms with E-state index in [1.54, 1.807) is 0 Å². The first-order valence-corrected chi connectivity index (χ1v) is 16.1. The molecule has 5 nitrogen and oxygen atoms in total. The molecule has 0 aromatic heterocycles. The van der Waals surface area contributed by atoms with Gasteiger partial charge in [0, 0.05) is 44.0 Å². The second kappa shape index (κ2) is 11.7. The summed E-state index contributed by atoms with van der Waals surface area (Å²) >= 11 is 0. The van der Waals surface area contributed by atoms with E-state index in [1.165, 1.54) is 18.4 Å². The van der Waals surface area contributed by atoms with Gasteiger partial charge < -0.3 is 9.64 Å². The molecule has 0 spiro atoms. The van der Waals surface area contributed by atoms with Crippen molar-refractivity contribution in [3.8, 4) is 11.8 Å². The SMILES string of the molecule is CC(=O)OCC(=O)[C@@]1(C#CC(F)(F)F)CC[C@H]2[C@@H]3CC(F)C4=CC(=O)CCC4=C3C(c3ccc(N4CCCCC4)cc3)C[C@@]21C. The minimum atomic E-state index is -4.82. The van der Waals surface area contributed by atoms with Gasteiger partial charge in [-0.2, -0.15) is 13.2 Å². The fraction of sp³-hybridized carbons (Fsp3) is 0.583. The standard InChI is InChI=1S/C36H39F4NO4/c1-22(42)45-21-32(44)35(14-15-36(38,39)40)13-12-30-28-19-31(37)27-18-25(43)10-11-26(27)33(28)29(20-34(30,35)2)23-6-8-24(9-7-23)41-16-4-3-5-17-41/h6-9,18,28-31H,3-5,10-13,16-17,19-21H2,1-2H3/t28-,29?,30-,31?,34-,35-/m0/s1. The molecule has 1 saturated heterocycles. The van der Waals surface area contributed by atoms with Crippen molar-refractivity contribution in [2.75, 3.05) is 24.6 Å². The van der Waals surface area contributed by atoms with Crippen LogP contribution in [0.5, 0.6) is 0 Å². The highest BCUT2D eigenvalue weighted by molar-refractivity contribution is 5.94. The second-order valence-electron chi connectivity index (χ2n) is 13.6. The zero-order chi connectivity index (χ0) is 32.1. The van der Waals surface area contributed by atoms with Crippen LogP contribution in [-0.2, 0) is 19.1 Å². The maximum atomic E-state index is 15.9. The Kier molecular flexibility index (Phi) is 8.24. The lowest BCUT2D eigenvalue weighted by molar-refractivity contribution is -0.150. The maximum absolute atomic E-state index is 15.9. The molecule has 2 unspecified atom stereocenters. The summed E-state index contributed by atoms with van der Waals surface area (Å²) in [4.78, 5) is 40.3. The number of hydrogen-bond acceptors (Lipinski definition) is 5. The van der Waals surface area contributed by atoms with Crippen LogP contribution in [0.3, 0.4) is 0 Å². The number of anilines is 1. The first-order chi connectivity index (χ1) is 21.3. The third kappa shape index (κ3) is 5.63. The molecule has 1 aromatic rings. The Morgan fingerprint density at radius 1 is 1.09 bits per heavy atom. The van der Waals surface area contributed by atoms with E-state index in [9.17, 15) is 27.6 Å². The molecule has 1 aliphatic heterocycles. The van der Waals surface area contributed by atoms with Gasteiger partial charge in [0.05, 0.1) is 5.41 Å². The maximum Gasteiger partial charge on any atom is 0.457 e. The second-order valence-corrected chi connectivity index (χ2v) is 13.6. The van der Waals surface area contributed by atoms with Crippen LogP contribution in [0, 0.1) is 34.5 Å². The van der Waals surface area contributed by atoms with Gasteiger partial charge in [-0.25, -0.2) is 4.39 Å². The molecule has 1 heterocycles. The summed E-state index contributed by atoms with van der Waals surface area (Å²) in [5.41, 5.74) is 1.62. The van der Waals surface area contributed by atoms with Crippen molar-refractivity contribution in [3.05, 3.63) is 52.6 Å². The van der Waals surface area contributed by atoms with Gasteiger partial charge in [0.15, 0.2) is 18.2 Å². The van der Waals surface area contributed by atoms with Gasteiger partial charge in [0.2, 0.25) is 0 Å². The molecular weight excluding hydrogens is 586 g/mol. The Hall–Kier alpha value is -3.41. The van der Waals surface area contributed by atoms with Gasteiger partial charge in [0.1, 0.15) is 6.17 Å². The first-order valence-electron chi connectivity index (χ1n) is 16.1. The number of alkyl halides is 4. The summed E-state index contributed by atoms with van der Waals surface area (Å²) in [6, 6.07) is 8.27. The highest BCUT2D eigenvalue weighted by Crippen LogP contribution is 2.70. The van der Waals surface area contributed by atoms with Crippen LogP contribution in [0.15, 0.2) is 47.1 Å². The molecule has 45 heavy (non-hydrogen) atoms. The number of ether oxygens (including phenoxy) is 1. The van der Waals surface area contributed by atoms with Crippen LogP contribution < -0.4 is 4.90 Å². The number of rotatable bonds is 5. The normalized spacial score (nSPS) is 32.9. The Morgan fingerprint density at radius 2 is 1.80 bits per heavy atom. The predicted octanol–water partition coefficient (Wildman–Crippen LogP) is 7.21. The van der Waals surface area contributed by atoms with E-state index in [-0.39, 0.29) is 42.8 Å². The minimum Gasteiger partial charge on any atom is -0.458 e. The number of fused-ring (bicyclic) bond motifs is 4. The lowest BCUT2D eigenvalue weighted by Gasteiger charge is -2.55. The van der Waals surface area contributed by atoms with E-state index < -0.39 is 41.5 Å². The van der Waals surface area contributed by atoms with E-state index >= 15 is 4.39 Å². The Labute approximate surface area is 261 Å². The van der Waals surface area contributed by atoms with Crippen molar-refractivity contribution in [3.63, 3.8) is 0 Å². The van der Waals surface area contributed by atoms with Crippen molar-refractivity contribution in [2.45, 2.75) is 89.9 Å². The van der Waals surface area contributed by atoms with Gasteiger partial charge in [-0.15, -0.1) is 0 Å². The molecule has 3 fully saturated rings. The average Bonchev–Trinajstić information content (AvgIpc) is 3.31. The zero-order valence-corrected chi connectivity index (χ0v) is 25.8. The van der Waals surface area contributed by atoms with Gasteiger partial charge in [-0.05, 0) is 104 Å². The molecule has 2 saturated carbocycles. The molecule has 4 aliphatic carbocycles. The van der Waals surface area contributed by atoms with Gasteiger partial charge in [-0.3, -0.25) is 14.4 Å². The van der Waals surface area contributed by atoms with Gasteiger partial charge >= 0.3 is 12.1 Å². The first kappa shape index (κ1) is 31.6. The number of allylic oxidation sites excluding steroid dienone is 4. The van der Waals surface area contributed by atoms with Crippen LogP contribution >= 0.6 is 0 Å². The number of nitrogens with zero attached hydrogens (tertiary/aromatic N) is 1. The van der Waals surface area contributed by atoms with Crippen LogP contribution in [0.4, 0.5) is 23.2 Å². The van der Waals surface area contributed by atoms with Gasteiger partial charge in [0.25, 0.3) is 0 Å². The monoisotopic (exact) mass is 625 g/mol. The molecule has 0 N–H and O–H groups in total. The van der Waals surface area contributed by atoms with Crippen LogP contribution in [-0.4, -0.2) is 49.6 Å². The molecule has 0 amide bonds. The third-order valence-electron chi connectivity index (χ3n) is 11.3. The van der Waals surface area contributed by atoms with Crippen LogP contribution in [0.25, 0.3) is 0 Å². The molecule has 0 radical (unpaired) electrons. The molecule has 9 heteroatoms. The van der Waals surface area contributed by atoms with Crippen LogP contribution in [0.2, 0.25) is 0 Å². The number of benzene rings is 1. The van der Waals surface area contributed by atoms with Crippen molar-refractivity contribution < 1.29 is 36.7 Å². The largest absolute Gasteiger partial charge is 0.458 e. The quantitative estimate of drug-likeness (QED) is 0.197. The number of hydrogen-bond donors (Lipinski definition) is 0. The van der Waals surface area contributed by atoms with Crippen molar-refractivity contribution in [2.24, 2.45) is 22.7 Å². The molecular formula is C36H39F4NO4. The molecule has 5 aliphatic rings. The van der Waals surface area contributed by atoms with Crippen molar-refractivity contribution in [1.82, 2.24) is 0 Å². The van der Waals surface area contributed by atoms with Crippen molar-refractivity contribution in [1.29, 1.82) is 0 Å². The van der Waals surface area contributed by atoms with Crippen molar-refractivity contribution >= 4 is 23.2 Å². The van der Waals surface area contributed by atoms with E-state index in [1.807, 2.05) is 6.92 Å². The number of ketones is 2. The summed E-state index contributed by atoms with van der Waals surface area (Å²) in [6.45, 7) is 4.27. The number of esters is 1. The topological polar surface area (TPSA) is 63.7 Å². The predicted molar refractivity (Wildman–Crippen MR) is 161 cm³/mol. The zero-order valence-electron chi connectivity index (χ0n) is 25.8. The number of carbonyl (C=O) groups is 3. The molecule has 240 valence electrons. The fourth-order valence-corrected chi connectivity index (χ4v) is 9.23. The molecule has 0 bridgehead atoms. The average molecular weight is 626 g/mol. The Morgan fingerprint density at radius 3 is 2.47 bits per heavy atom. The third-order valence-corrected chi connectivity index (χ3v) is 11.3. The van der Waals surface area contributed by atoms with E-state index in [4.69, 9.17) is 4.74 Å².